The summed E-state index contributed by atoms with van der Waals surface area (Å²) in [6, 6.07) is 7.02. The first kappa shape index (κ1) is 19.8. The average molecular weight is 422 g/mol. The molecule has 0 spiro atoms. The molecule has 1 aliphatic carbocycles. The molecule has 0 saturated heterocycles. The molecule has 1 aliphatic heterocycles. The van der Waals surface area contributed by atoms with Crippen LogP contribution in [-0.2, 0) is 6.42 Å². The van der Waals surface area contributed by atoms with Gasteiger partial charge >= 0.3 is 0 Å². The number of fused-ring (bicyclic) bond motifs is 4. The van der Waals surface area contributed by atoms with Crippen molar-refractivity contribution < 1.29 is 24.5 Å². The molecular formula is C25H26O6. The van der Waals surface area contributed by atoms with Crippen molar-refractivity contribution in [2.75, 3.05) is 0 Å². The van der Waals surface area contributed by atoms with Gasteiger partial charge in [-0.2, -0.15) is 0 Å². The number of hydrogen-bond donors (Lipinski definition) is 3. The third kappa shape index (κ3) is 2.96. The molecule has 2 aromatic carbocycles. The Balaban J connectivity index is 1.70. The van der Waals surface area contributed by atoms with E-state index in [-0.39, 0.29) is 45.4 Å². The molecule has 3 N–H and O–H groups in total. The zero-order chi connectivity index (χ0) is 22.1. The van der Waals surface area contributed by atoms with Gasteiger partial charge in [0.05, 0.1) is 0 Å². The highest BCUT2D eigenvalue weighted by Gasteiger charge is 2.51. The van der Waals surface area contributed by atoms with Gasteiger partial charge in [0.1, 0.15) is 33.8 Å². The van der Waals surface area contributed by atoms with Crippen LogP contribution in [0.3, 0.4) is 0 Å². The van der Waals surface area contributed by atoms with Crippen molar-refractivity contribution in [3.8, 4) is 34.3 Å². The number of hydrogen-bond acceptors (Lipinski definition) is 6. The minimum Gasteiger partial charge on any atom is -0.507 e. The minimum atomic E-state index is -0.413. The number of benzene rings is 2. The molecule has 0 amide bonds. The maximum absolute atomic E-state index is 13.2. The third-order valence-electron chi connectivity index (χ3n) is 7.23. The van der Waals surface area contributed by atoms with Crippen molar-refractivity contribution in [3.63, 3.8) is 0 Å². The van der Waals surface area contributed by atoms with Crippen molar-refractivity contribution >= 4 is 11.0 Å². The van der Waals surface area contributed by atoms with E-state index < -0.39 is 5.60 Å². The molecule has 1 aromatic heterocycles. The maximum atomic E-state index is 13.2. The second kappa shape index (κ2) is 6.42. The summed E-state index contributed by atoms with van der Waals surface area (Å²) in [5.41, 5.74) is 0.701. The van der Waals surface area contributed by atoms with Gasteiger partial charge in [-0.05, 0) is 56.2 Å². The second-order valence-corrected chi connectivity index (χ2v) is 9.77. The van der Waals surface area contributed by atoms with Crippen LogP contribution in [0.15, 0.2) is 39.5 Å². The minimum absolute atomic E-state index is 0.0553. The van der Waals surface area contributed by atoms with Crippen LogP contribution in [0.4, 0.5) is 0 Å². The molecule has 2 atom stereocenters. The summed E-state index contributed by atoms with van der Waals surface area (Å²) in [4.78, 5) is 13.2. The van der Waals surface area contributed by atoms with Gasteiger partial charge in [-0.25, -0.2) is 0 Å². The molecule has 3 aromatic rings. The fraction of sp³-hybridized carbons (Fsp3) is 0.400. The SMILES string of the molecule is CC1(C)CCC[C@]2(C)Oc3c(c(O)cc4oc(-c5ccc(O)c(O)c5)cc(=O)c34)C[C@H]12. The molecular weight excluding hydrogens is 396 g/mol. The highest BCUT2D eigenvalue weighted by molar-refractivity contribution is 5.88. The molecule has 2 heterocycles. The molecule has 0 bridgehead atoms. The lowest BCUT2D eigenvalue weighted by Gasteiger charge is -2.53. The summed E-state index contributed by atoms with van der Waals surface area (Å²) in [6.45, 7) is 6.59. The standard InChI is InChI=1S/C25H26O6/c1-24(2)7-4-8-25(3)21(24)10-14-16(27)11-20-22(23(14)31-25)18(29)12-19(30-20)13-5-6-15(26)17(28)9-13/h5-6,9,11-12,21,26-28H,4,7-8,10H2,1-3H3/t21-,25+/m1/s1. The monoisotopic (exact) mass is 422 g/mol. The summed E-state index contributed by atoms with van der Waals surface area (Å²) in [5, 5.41) is 30.5. The van der Waals surface area contributed by atoms with Gasteiger partial charge in [-0.15, -0.1) is 0 Å². The zero-order valence-electron chi connectivity index (χ0n) is 17.9. The molecule has 1 fully saturated rings. The lowest BCUT2D eigenvalue weighted by atomic mass is 9.59. The molecule has 6 nitrogen and oxygen atoms in total. The van der Waals surface area contributed by atoms with Crippen LogP contribution >= 0.6 is 0 Å². The first-order chi connectivity index (χ1) is 14.6. The molecule has 1 saturated carbocycles. The molecule has 31 heavy (non-hydrogen) atoms. The summed E-state index contributed by atoms with van der Waals surface area (Å²) >= 11 is 0. The van der Waals surface area contributed by atoms with Crippen molar-refractivity contribution in [1.29, 1.82) is 0 Å². The summed E-state index contributed by atoms with van der Waals surface area (Å²) in [7, 11) is 0. The van der Waals surface area contributed by atoms with E-state index in [2.05, 4.69) is 20.8 Å². The fourth-order valence-corrected chi connectivity index (χ4v) is 5.57. The average Bonchev–Trinajstić information content (AvgIpc) is 2.68. The van der Waals surface area contributed by atoms with E-state index in [1.165, 1.54) is 24.3 Å². The maximum Gasteiger partial charge on any atom is 0.197 e. The van der Waals surface area contributed by atoms with E-state index in [0.717, 1.165) is 19.3 Å². The smallest absolute Gasteiger partial charge is 0.197 e. The van der Waals surface area contributed by atoms with E-state index in [1.54, 1.807) is 6.07 Å². The Morgan fingerprint density at radius 3 is 2.48 bits per heavy atom. The fourth-order valence-electron chi connectivity index (χ4n) is 5.57. The summed E-state index contributed by atoms with van der Waals surface area (Å²) in [5.74, 6) is 0.364. The quantitative estimate of drug-likeness (QED) is 0.472. The second-order valence-electron chi connectivity index (χ2n) is 9.77. The van der Waals surface area contributed by atoms with Gasteiger partial charge in [0.25, 0.3) is 0 Å². The highest BCUT2D eigenvalue weighted by atomic mass is 16.5. The Labute approximate surface area is 179 Å². The predicted molar refractivity (Wildman–Crippen MR) is 117 cm³/mol. The molecule has 2 aliphatic rings. The normalized spacial score (nSPS) is 24.3. The number of rotatable bonds is 1. The summed E-state index contributed by atoms with van der Waals surface area (Å²) in [6.07, 6.45) is 3.70. The molecule has 0 radical (unpaired) electrons. The van der Waals surface area contributed by atoms with E-state index in [4.69, 9.17) is 9.15 Å². The van der Waals surface area contributed by atoms with Gasteiger partial charge in [-0.1, -0.05) is 13.8 Å². The molecule has 6 heteroatoms. The molecule has 0 unspecified atom stereocenters. The van der Waals surface area contributed by atoms with E-state index in [0.29, 0.717) is 28.7 Å². The van der Waals surface area contributed by atoms with E-state index in [1.807, 2.05) is 0 Å². The first-order valence-corrected chi connectivity index (χ1v) is 10.6. The van der Waals surface area contributed by atoms with Crippen LogP contribution in [0, 0.1) is 11.3 Å². The number of aromatic hydroxyl groups is 3. The van der Waals surface area contributed by atoms with Crippen molar-refractivity contribution in [1.82, 2.24) is 0 Å². The Bertz CT molecular complexity index is 1270. The van der Waals surface area contributed by atoms with E-state index >= 15 is 0 Å². The van der Waals surface area contributed by atoms with Crippen LogP contribution in [0.2, 0.25) is 0 Å². The van der Waals surface area contributed by atoms with Crippen LogP contribution in [0.5, 0.6) is 23.0 Å². The van der Waals surface area contributed by atoms with Crippen molar-refractivity contribution in [2.45, 2.75) is 52.1 Å². The van der Waals surface area contributed by atoms with Crippen LogP contribution < -0.4 is 10.2 Å². The van der Waals surface area contributed by atoms with Gasteiger partial charge in [0, 0.05) is 29.2 Å². The summed E-state index contributed by atoms with van der Waals surface area (Å²) < 4.78 is 12.5. The number of phenols is 3. The Morgan fingerprint density at radius 1 is 0.968 bits per heavy atom. The Morgan fingerprint density at radius 2 is 1.74 bits per heavy atom. The van der Waals surface area contributed by atoms with Crippen LogP contribution in [0.1, 0.15) is 45.6 Å². The number of ether oxygens (including phenoxy) is 1. The van der Waals surface area contributed by atoms with Crippen molar-refractivity contribution in [3.05, 3.63) is 46.1 Å². The molecule has 162 valence electrons. The van der Waals surface area contributed by atoms with Gasteiger partial charge < -0.3 is 24.5 Å². The lowest BCUT2D eigenvalue weighted by molar-refractivity contribution is -0.0810. The Hall–Kier alpha value is -3.15. The molecule has 5 rings (SSSR count). The van der Waals surface area contributed by atoms with Crippen molar-refractivity contribution in [2.24, 2.45) is 11.3 Å². The number of phenolic OH excluding ortho intramolecular Hbond substituents is 3. The van der Waals surface area contributed by atoms with E-state index in [9.17, 15) is 20.1 Å². The van der Waals surface area contributed by atoms with Gasteiger partial charge in [0.2, 0.25) is 0 Å². The van der Waals surface area contributed by atoms with Crippen LogP contribution in [0.25, 0.3) is 22.3 Å². The first-order valence-electron chi connectivity index (χ1n) is 10.6. The lowest BCUT2D eigenvalue weighted by Crippen LogP contribution is -2.54. The zero-order valence-corrected chi connectivity index (χ0v) is 17.9. The van der Waals surface area contributed by atoms with Gasteiger partial charge in [0.15, 0.2) is 16.9 Å². The predicted octanol–water partition coefficient (Wildman–Crippen LogP) is 5.10. The largest absolute Gasteiger partial charge is 0.507 e. The van der Waals surface area contributed by atoms with Gasteiger partial charge in [-0.3, -0.25) is 4.79 Å². The topological polar surface area (TPSA) is 100 Å². The van der Waals surface area contributed by atoms with Crippen LogP contribution in [-0.4, -0.2) is 20.9 Å². The Kier molecular flexibility index (Phi) is 4.10. The highest BCUT2D eigenvalue weighted by Crippen LogP contribution is 2.55. The third-order valence-corrected chi connectivity index (χ3v) is 7.23.